The molecule has 0 aromatic heterocycles. The number of hydrogen-bond acceptors (Lipinski definition) is 3. The summed E-state index contributed by atoms with van der Waals surface area (Å²) in [4.78, 5) is 23.2. The number of halogens is 3. The van der Waals surface area contributed by atoms with Gasteiger partial charge in [0.1, 0.15) is 17.3 Å². The number of rotatable bonds is 6. The van der Waals surface area contributed by atoms with Crippen LogP contribution in [0.5, 0.6) is 5.75 Å². The summed E-state index contributed by atoms with van der Waals surface area (Å²) in [6.07, 6.45) is 0. The number of para-hydroxylation sites is 1. The van der Waals surface area contributed by atoms with Crippen LogP contribution in [0.15, 0.2) is 48.5 Å². The number of anilines is 1. The maximum absolute atomic E-state index is 13.8. The molecule has 2 aromatic carbocycles. The molecule has 2 aromatic rings. The predicted octanol–water partition coefficient (Wildman–Crippen LogP) is 2.89. The lowest BCUT2D eigenvalue weighted by Crippen LogP contribution is -2.38. The van der Waals surface area contributed by atoms with Gasteiger partial charge in [-0.1, -0.05) is 28.2 Å². The van der Waals surface area contributed by atoms with Crippen molar-refractivity contribution in [2.24, 2.45) is 0 Å². The van der Waals surface area contributed by atoms with Gasteiger partial charge in [0.05, 0.1) is 6.54 Å². The standard InChI is InChI=1S/C16H13ClF2N2O3/c17-11-5-7-12(8-6-11)24-10-15(22)20-9-16(23)21(19)14-4-2-1-3-13(14)18/h1-8H,9-10H2,(H,20,22). The van der Waals surface area contributed by atoms with Crippen molar-refractivity contribution in [3.63, 3.8) is 0 Å². The van der Waals surface area contributed by atoms with Crippen LogP contribution < -0.4 is 15.2 Å². The number of ether oxygens (including phenoxy) is 1. The minimum atomic E-state index is -1.11. The monoisotopic (exact) mass is 354 g/mol. The van der Waals surface area contributed by atoms with E-state index in [0.29, 0.717) is 10.8 Å². The fraction of sp³-hybridized carbons (Fsp3) is 0.125. The van der Waals surface area contributed by atoms with Gasteiger partial charge in [0, 0.05) is 5.02 Å². The van der Waals surface area contributed by atoms with E-state index in [1.807, 2.05) is 0 Å². The van der Waals surface area contributed by atoms with Gasteiger partial charge >= 0.3 is 0 Å². The Morgan fingerprint density at radius 3 is 2.46 bits per heavy atom. The van der Waals surface area contributed by atoms with E-state index in [-0.39, 0.29) is 11.7 Å². The molecule has 5 nitrogen and oxygen atoms in total. The molecule has 0 aliphatic carbocycles. The minimum Gasteiger partial charge on any atom is -0.484 e. The number of carbonyl (C=O) groups is 2. The lowest BCUT2D eigenvalue weighted by molar-refractivity contribution is -0.127. The molecule has 2 rings (SSSR count). The molecule has 0 radical (unpaired) electrons. The highest BCUT2D eigenvalue weighted by molar-refractivity contribution is 6.30. The summed E-state index contributed by atoms with van der Waals surface area (Å²) in [5, 5.41) is 2.36. The van der Waals surface area contributed by atoms with Crippen LogP contribution in [0.4, 0.5) is 14.6 Å². The van der Waals surface area contributed by atoms with Gasteiger partial charge in [-0.05, 0) is 36.4 Å². The van der Waals surface area contributed by atoms with E-state index in [0.717, 1.165) is 12.1 Å². The van der Waals surface area contributed by atoms with E-state index in [9.17, 15) is 18.5 Å². The highest BCUT2D eigenvalue weighted by Crippen LogP contribution is 2.19. The molecular formula is C16H13ClF2N2O3. The Kier molecular flexibility index (Phi) is 6.08. The van der Waals surface area contributed by atoms with Crippen molar-refractivity contribution in [2.75, 3.05) is 18.3 Å². The zero-order valence-corrected chi connectivity index (χ0v) is 13.1. The van der Waals surface area contributed by atoms with Crippen molar-refractivity contribution in [3.05, 3.63) is 59.4 Å². The molecule has 0 atom stereocenters. The maximum Gasteiger partial charge on any atom is 0.274 e. The van der Waals surface area contributed by atoms with Crippen molar-refractivity contribution >= 4 is 29.1 Å². The number of nitrogens with zero attached hydrogens (tertiary/aromatic N) is 1. The van der Waals surface area contributed by atoms with E-state index in [1.54, 1.807) is 24.3 Å². The highest BCUT2D eigenvalue weighted by atomic mass is 35.5. The number of hydrogen-bond donors (Lipinski definition) is 1. The molecule has 0 spiro atoms. The van der Waals surface area contributed by atoms with Crippen LogP contribution in [0, 0.1) is 5.82 Å². The fourth-order valence-electron chi connectivity index (χ4n) is 1.72. The van der Waals surface area contributed by atoms with Crippen LogP contribution in [0.1, 0.15) is 0 Å². The summed E-state index contributed by atoms with van der Waals surface area (Å²) >= 11 is 5.71. The van der Waals surface area contributed by atoms with Crippen molar-refractivity contribution in [1.82, 2.24) is 5.32 Å². The van der Waals surface area contributed by atoms with Crippen LogP contribution in [0.25, 0.3) is 0 Å². The summed E-state index contributed by atoms with van der Waals surface area (Å²) in [5.41, 5.74) is -0.519. The molecular weight excluding hydrogens is 342 g/mol. The third-order valence-electron chi connectivity index (χ3n) is 2.90. The maximum atomic E-state index is 13.8. The second-order valence-electron chi connectivity index (χ2n) is 4.65. The Morgan fingerprint density at radius 1 is 1.12 bits per heavy atom. The summed E-state index contributed by atoms with van der Waals surface area (Å²) < 4.78 is 32.3. The van der Waals surface area contributed by atoms with Crippen molar-refractivity contribution in [3.8, 4) is 5.75 Å². The first kappa shape index (κ1) is 17.7. The average molecular weight is 355 g/mol. The summed E-state index contributed by atoms with van der Waals surface area (Å²) in [5.74, 6) is -2.20. The van der Waals surface area contributed by atoms with Crippen LogP contribution in [0.2, 0.25) is 5.02 Å². The van der Waals surface area contributed by atoms with Gasteiger partial charge in [0.15, 0.2) is 6.61 Å². The number of amides is 2. The summed E-state index contributed by atoms with van der Waals surface area (Å²) in [6.45, 7) is -0.992. The van der Waals surface area contributed by atoms with E-state index in [1.165, 1.54) is 12.1 Å². The Balaban J connectivity index is 1.79. The lowest BCUT2D eigenvalue weighted by Gasteiger charge is -2.13. The average Bonchev–Trinajstić information content (AvgIpc) is 2.59. The molecule has 0 aliphatic rings. The molecule has 1 N–H and O–H groups in total. The van der Waals surface area contributed by atoms with E-state index in [4.69, 9.17) is 16.3 Å². The highest BCUT2D eigenvalue weighted by Gasteiger charge is 2.19. The van der Waals surface area contributed by atoms with E-state index >= 15 is 0 Å². The van der Waals surface area contributed by atoms with Gasteiger partial charge in [-0.25, -0.2) is 4.39 Å². The first-order chi connectivity index (χ1) is 11.5. The van der Waals surface area contributed by atoms with Crippen molar-refractivity contribution in [1.29, 1.82) is 0 Å². The van der Waals surface area contributed by atoms with Gasteiger partial charge in [-0.3, -0.25) is 9.59 Å². The zero-order chi connectivity index (χ0) is 17.5. The van der Waals surface area contributed by atoms with Crippen LogP contribution >= 0.6 is 11.6 Å². The molecule has 8 heteroatoms. The van der Waals surface area contributed by atoms with E-state index in [2.05, 4.69) is 5.32 Å². The van der Waals surface area contributed by atoms with Crippen LogP contribution in [0.3, 0.4) is 0 Å². The third kappa shape index (κ3) is 4.92. The number of nitrogens with one attached hydrogen (secondary N) is 1. The predicted molar refractivity (Wildman–Crippen MR) is 85.0 cm³/mol. The normalized spacial score (nSPS) is 10.1. The van der Waals surface area contributed by atoms with Crippen molar-refractivity contribution < 1.29 is 23.2 Å². The number of carbonyl (C=O) groups excluding carboxylic acids is 2. The molecule has 0 saturated heterocycles. The van der Waals surface area contributed by atoms with Gasteiger partial charge in [0.2, 0.25) is 0 Å². The first-order valence-electron chi connectivity index (χ1n) is 6.85. The molecule has 0 saturated carbocycles. The summed E-state index contributed by atoms with van der Waals surface area (Å²) in [7, 11) is 0. The second kappa shape index (κ2) is 8.26. The fourth-order valence-corrected chi connectivity index (χ4v) is 1.85. The molecule has 0 fully saturated rings. The van der Waals surface area contributed by atoms with Crippen LogP contribution in [-0.2, 0) is 9.59 Å². The largest absolute Gasteiger partial charge is 0.484 e. The van der Waals surface area contributed by atoms with Gasteiger partial charge in [0.25, 0.3) is 11.8 Å². The Hall–Kier alpha value is -2.67. The first-order valence-corrected chi connectivity index (χ1v) is 7.23. The Morgan fingerprint density at radius 2 is 1.79 bits per heavy atom. The minimum absolute atomic E-state index is 0.352. The topological polar surface area (TPSA) is 58.6 Å². The van der Waals surface area contributed by atoms with E-state index < -0.39 is 29.9 Å². The SMILES string of the molecule is O=C(COc1ccc(Cl)cc1)NCC(=O)N(F)c1ccccc1F. The van der Waals surface area contributed by atoms with Gasteiger partial charge in [-0.2, -0.15) is 0 Å². The molecule has 2 amide bonds. The summed E-state index contributed by atoms with van der Waals surface area (Å²) in [6, 6.07) is 11.2. The van der Waals surface area contributed by atoms with Crippen LogP contribution in [-0.4, -0.2) is 25.0 Å². The molecule has 0 unspecified atom stereocenters. The molecule has 24 heavy (non-hydrogen) atoms. The molecule has 0 bridgehead atoms. The quantitative estimate of drug-likeness (QED) is 0.811. The lowest BCUT2D eigenvalue weighted by atomic mass is 10.3. The van der Waals surface area contributed by atoms with Gasteiger partial charge < -0.3 is 10.1 Å². The Bertz CT molecular complexity index is 726. The second-order valence-corrected chi connectivity index (χ2v) is 5.08. The molecule has 0 aliphatic heterocycles. The molecule has 126 valence electrons. The van der Waals surface area contributed by atoms with Gasteiger partial charge in [-0.15, -0.1) is 5.12 Å². The Labute approximate surface area is 141 Å². The smallest absolute Gasteiger partial charge is 0.274 e. The van der Waals surface area contributed by atoms with Crippen molar-refractivity contribution in [2.45, 2.75) is 0 Å². The zero-order valence-electron chi connectivity index (χ0n) is 12.3. The third-order valence-corrected chi connectivity index (χ3v) is 3.16. The molecule has 0 heterocycles. The number of benzene rings is 2.